The first-order chi connectivity index (χ1) is 9.74. The molecule has 1 N–H and O–H groups in total. The molecule has 2 rings (SSSR count). The third-order valence-electron chi connectivity index (χ3n) is 2.65. The number of hydrogen-bond acceptors (Lipinski definition) is 2. The van der Waals surface area contributed by atoms with E-state index in [-0.39, 0.29) is 12.2 Å². The summed E-state index contributed by atoms with van der Waals surface area (Å²) < 4.78 is 0. The van der Waals surface area contributed by atoms with Crippen molar-refractivity contribution in [3.05, 3.63) is 72.3 Å². The minimum absolute atomic E-state index is 0.0118. The van der Waals surface area contributed by atoms with Gasteiger partial charge < -0.3 is 5.32 Å². The second kappa shape index (κ2) is 7.36. The molecule has 0 radical (unpaired) electrons. The quantitative estimate of drug-likeness (QED) is 0.661. The van der Waals surface area contributed by atoms with Crippen molar-refractivity contribution in [2.45, 2.75) is 6.42 Å². The molecule has 3 heteroatoms. The second-order valence-corrected chi connectivity index (χ2v) is 4.79. The van der Waals surface area contributed by atoms with Crippen LogP contribution in [-0.2, 0) is 4.79 Å². The standard InChI is InChI=1S/C17H15NOS/c19-16(12-11-14-7-3-1-4-8-14)13-17(20)18-15-9-5-2-6-10-15/h1-12H,13H2,(H,18,20)/b12-11+. The number of allylic oxidation sites excluding steroid dienone is 1. The molecule has 0 spiro atoms. The Morgan fingerprint density at radius 3 is 2.25 bits per heavy atom. The Morgan fingerprint density at radius 2 is 1.60 bits per heavy atom. The molecule has 0 aromatic heterocycles. The lowest BCUT2D eigenvalue weighted by Crippen LogP contribution is -2.12. The van der Waals surface area contributed by atoms with Crippen molar-refractivity contribution in [1.82, 2.24) is 0 Å². The molecule has 0 unspecified atom stereocenters. The van der Waals surface area contributed by atoms with Gasteiger partial charge in [-0.15, -0.1) is 0 Å². The van der Waals surface area contributed by atoms with Crippen LogP contribution >= 0.6 is 12.2 Å². The molecular weight excluding hydrogens is 266 g/mol. The lowest BCUT2D eigenvalue weighted by atomic mass is 10.2. The molecule has 0 aliphatic rings. The maximum atomic E-state index is 11.8. The van der Waals surface area contributed by atoms with Crippen LogP contribution in [0.5, 0.6) is 0 Å². The highest BCUT2D eigenvalue weighted by Crippen LogP contribution is 2.07. The van der Waals surface area contributed by atoms with Gasteiger partial charge in [0, 0.05) is 5.69 Å². The van der Waals surface area contributed by atoms with Crippen molar-refractivity contribution in [3.8, 4) is 0 Å². The number of rotatable bonds is 5. The van der Waals surface area contributed by atoms with Crippen LogP contribution in [0.1, 0.15) is 12.0 Å². The maximum Gasteiger partial charge on any atom is 0.162 e. The highest BCUT2D eigenvalue weighted by Gasteiger charge is 2.03. The first-order valence-electron chi connectivity index (χ1n) is 6.35. The number of thiocarbonyl (C=S) groups is 1. The molecule has 20 heavy (non-hydrogen) atoms. The largest absolute Gasteiger partial charge is 0.350 e. The van der Waals surface area contributed by atoms with Crippen molar-refractivity contribution >= 4 is 34.8 Å². The highest BCUT2D eigenvalue weighted by molar-refractivity contribution is 7.80. The van der Waals surface area contributed by atoms with Crippen molar-refractivity contribution < 1.29 is 4.79 Å². The molecule has 2 aromatic rings. The monoisotopic (exact) mass is 281 g/mol. The molecule has 0 amide bonds. The smallest absolute Gasteiger partial charge is 0.162 e. The van der Waals surface area contributed by atoms with Crippen LogP contribution in [0.3, 0.4) is 0 Å². The van der Waals surface area contributed by atoms with Crippen LogP contribution in [0, 0.1) is 0 Å². The topological polar surface area (TPSA) is 29.1 Å². The van der Waals surface area contributed by atoms with Crippen molar-refractivity contribution in [2.75, 3.05) is 5.32 Å². The van der Waals surface area contributed by atoms with Gasteiger partial charge in [-0.2, -0.15) is 0 Å². The fourth-order valence-corrected chi connectivity index (χ4v) is 1.96. The summed E-state index contributed by atoms with van der Waals surface area (Å²) in [7, 11) is 0. The zero-order valence-corrected chi connectivity index (χ0v) is 11.8. The predicted molar refractivity (Wildman–Crippen MR) is 87.8 cm³/mol. The molecule has 0 aliphatic carbocycles. The Hall–Kier alpha value is -2.26. The first-order valence-corrected chi connectivity index (χ1v) is 6.76. The van der Waals surface area contributed by atoms with E-state index in [1.807, 2.05) is 60.7 Å². The molecular formula is C17H15NOS. The van der Waals surface area contributed by atoms with E-state index in [9.17, 15) is 4.79 Å². The van der Waals surface area contributed by atoms with Gasteiger partial charge in [-0.25, -0.2) is 0 Å². The minimum atomic E-state index is -0.0118. The Labute approximate surface area is 124 Å². The van der Waals surface area contributed by atoms with E-state index in [2.05, 4.69) is 5.32 Å². The summed E-state index contributed by atoms with van der Waals surface area (Å²) in [5, 5.41) is 3.05. The van der Waals surface area contributed by atoms with Gasteiger partial charge in [0.1, 0.15) is 0 Å². The molecule has 0 atom stereocenters. The van der Waals surface area contributed by atoms with Gasteiger partial charge in [-0.3, -0.25) is 4.79 Å². The van der Waals surface area contributed by atoms with E-state index in [1.165, 1.54) is 0 Å². The van der Waals surface area contributed by atoms with Crippen molar-refractivity contribution in [2.24, 2.45) is 0 Å². The molecule has 0 saturated carbocycles. The van der Waals surface area contributed by atoms with Gasteiger partial charge in [0.05, 0.1) is 11.4 Å². The molecule has 2 nitrogen and oxygen atoms in total. The molecule has 0 aliphatic heterocycles. The Balaban J connectivity index is 1.85. The van der Waals surface area contributed by atoms with E-state index in [4.69, 9.17) is 12.2 Å². The third-order valence-corrected chi connectivity index (χ3v) is 2.90. The fourth-order valence-electron chi connectivity index (χ4n) is 1.70. The van der Waals surface area contributed by atoms with Crippen LogP contribution in [0.2, 0.25) is 0 Å². The molecule has 0 heterocycles. The van der Waals surface area contributed by atoms with Crippen LogP contribution in [0.4, 0.5) is 5.69 Å². The number of carbonyl (C=O) groups is 1. The lowest BCUT2D eigenvalue weighted by molar-refractivity contribution is -0.113. The fraction of sp³-hybridized carbons (Fsp3) is 0.0588. The number of nitrogens with one attached hydrogen (secondary N) is 1. The van der Waals surface area contributed by atoms with E-state index in [0.717, 1.165) is 11.3 Å². The molecule has 0 fully saturated rings. The minimum Gasteiger partial charge on any atom is -0.350 e. The van der Waals surface area contributed by atoms with E-state index >= 15 is 0 Å². The third kappa shape index (κ3) is 4.78. The molecule has 2 aromatic carbocycles. The summed E-state index contributed by atoms with van der Waals surface area (Å²) in [6.45, 7) is 0. The summed E-state index contributed by atoms with van der Waals surface area (Å²) in [6, 6.07) is 19.3. The van der Waals surface area contributed by atoms with Gasteiger partial charge in [0.25, 0.3) is 0 Å². The summed E-state index contributed by atoms with van der Waals surface area (Å²) in [5.74, 6) is -0.0118. The molecule has 0 saturated heterocycles. The normalized spacial score (nSPS) is 10.4. The summed E-state index contributed by atoms with van der Waals surface area (Å²) in [6.07, 6.45) is 3.58. The number of carbonyl (C=O) groups excluding carboxylic acids is 1. The van der Waals surface area contributed by atoms with Crippen LogP contribution < -0.4 is 5.32 Å². The van der Waals surface area contributed by atoms with Crippen LogP contribution in [-0.4, -0.2) is 10.8 Å². The summed E-state index contributed by atoms with van der Waals surface area (Å²) in [4.78, 5) is 12.3. The van der Waals surface area contributed by atoms with E-state index < -0.39 is 0 Å². The number of benzene rings is 2. The Morgan fingerprint density at radius 1 is 1.00 bits per heavy atom. The van der Waals surface area contributed by atoms with Crippen LogP contribution in [0.25, 0.3) is 6.08 Å². The molecule has 100 valence electrons. The van der Waals surface area contributed by atoms with Gasteiger partial charge in [-0.1, -0.05) is 66.8 Å². The zero-order chi connectivity index (χ0) is 14.2. The van der Waals surface area contributed by atoms with Crippen molar-refractivity contribution in [3.63, 3.8) is 0 Å². The molecule has 0 bridgehead atoms. The number of anilines is 1. The summed E-state index contributed by atoms with van der Waals surface area (Å²) >= 11 is 5.18. The highest BCUT2D eigenvalue weighted by atomic mass is 32.1. The van der Waals surface area contributed by atoms with Gasteiger partial charge in [0.15, 0.2) is 5.78 Å². The average Bonchev–Trinajstić information content (AvgIpc) is 2.47. The average molecular weight is 281 g/mol. The number of ketones is 1. The van der Waals surface area contributed by atoms with Crippen molar-refractivity contribution in [1.29, 1.82) is 0 Å². The Kier molecular flexibility index (Phi) is 5.21. The first kappa shape index (κ1) is 14.2. The van der Waals surface area contributed by atoms with E-state index in [1.54, 1.807) is 12.2 Å². The SMILES string of the molecule is O=C(/C=C/c1ccccc1)CC(=S)Nc1ccccc1. The number of para-hydroxylation sites is 1. The van der Waals surface area contributed by atoms with Gasteiger partial charge >= 0.3 is 0 Å². The van der Waals surface area contributed by atoms with Crippen LogP contribution in [0.15, 0.2) is 66.7 Å². The lowest BCUT2D eigenvalue weighted by Gasteiger charge is -2.05. The van der Waals surface area contributed by atoms with Gasteiger partial charge in [0.2, 0.25) is 0 Å². The number of hydrogen-bond donors (Lipinski definition) is 1. The van der Waals surface area contributed by atoms with Gasteiger partial charge in [-0.05, 0) is 23.8 Å². The summed E-state index contributed by atoms with van der Waals surface area (Å²) in [5.41, 5.74) is 1.90. The predicted octanol–water partition coefficient (Wildman–Crippen LogP) is 4.10. The second-order valence-electron chi connectivity index (χ2n) is 4.30. The van der Waals surface area contributed by atoms with E-state index in [0.29, 0.717) is 4.99 Å². The zero-order valence-electron chi connectivity index (χ0n) is 11.0. The maximum absolute atomic E-state index is 11.8. The Bertz CT molecular complexity index is 605.